The number of carbonyl (C=O) groups excluding carboxylic acids is 1. The van der Waals surface area contributed by atoms with Crippen molar-refractivity contribution in [3.63, 3.8) is 0 Å². The van der Waals surface area contributed by atoms with Crippen LogP contribution in [-0.2, 0) is 16.1 Å². The Labute approximate surface area is 151 Å². The summed E-state index contributed by atoms with van der Waals surface area (Å²) in [6.45, 7) is 4.04. The van der Waals surface area contributed by atoms with Crippen molar-refractivity contribution >= 4 is 27.9 Å². The zero-order valence-corrected chi connectivity index (χ0v) is 16.1. The third kappa shape index (κ3) is 4.20. The molecule has 0 amide bonds. The van der Waals surface area contributed by atoms with E-state index in [1.807, 2.05) is 18.2 Å². The number of guanidine groups is 1. The van der Waals surface area contributed by atoms with Crippen LogP contribution in [0.1, 0.15) is 12.5 Å². The van der Waals surface area contributed by atoms with E-state index in [4.69, 9.17) is 9.47 Å². The zero-order valence-electron chi connectivity index (χ0n) is 14.5. The summed E-state index contributed by atoms with van der Waals surface area (Å²) in [6.07, 6.45) is 0. The highest BCUT2D eigenvalue weighted by atomic mass is 79.9. The molecular weight excluding hydrogens is 374 g/mol. The summed E-state index contributed by atoms with van der Waals surface area (Å²) in [6, 6.07) is 5.89. The Kier molecular flexibility index (Phi) is 6.48. The Hall–Kier alpha value is -1.76. The largest absolute Gasteiger partial charge is 0.496 e. The topological polar surface area (TPSA) is 63.2 Å². The summed E-state index contributed by atoms with van der Waals surface area (Å²) in [5.41, 5.74) is 1.03. The van der Waals surface area contributed by atoms with E-state index >= 15 is 0 Å². The molecule has 7 heteroatoms. The summed E-state index contributed by atoms with van der Waals surface area (Å²) >= 11 is 3.48. The van der Waals surface area contributed by atoms with Crippen LogP contribution in [0.3, 0.4) is 0 Å². The van der Waals surface area contributed by atoms with E-state index < -0.39 is 0 Å². The van der Waals surface area contributed by atoms with Crippen molar-refractivity contribution in [3.05, 3.63) is 28.2 Å². The van der Waals surface area contributed by atoms with Gasteiger partial charge in [0.15, 0.2) is 5.96 Å². The Bertz CT molecular complexity index is 621. The maximum Gasteiger partial charge on any atom is 0.310 e. The highest BCUT2D eigenvalue weighted by Crippen LogP contribution is 2.25. The maximum atomic E-state index is 11.9. The third-order valence-electron chi connectivity index (χ3n) is 4.31. The van der Waals surface area contributed by atoms with Gasteiger partial charge in [-0.25, -0.2) is 0 Å². The smallest absolute Gasteiger partial charge is 0.310 e. The molecule has 24 heavy (non-hydrogen) atoms. The van der Waals surface area contributed by atoms with Crippen LogP contribution in [0.2, 0.25) is 0 Å². The fourth-order valence-electron chi connectivity index (χ4n) is 2.99. The highest BCUT2D eigenvalue weighted by molar-refractivity contribution is 9.10. The Morgan fingerprint density at radius 1 is 1.42 bits per heavy atom. The first kappa shape index (κ1) is 18.6. The lowest BCUT2D eigenvalue weighted by Crippen LogP contribution is -2.40. The number of ether oxygens (including phenoxy) is 2. The molecule has 1 aliphatic rings. The van der Waals surface area contributed by atoms with Gasteiger partial charge in [0.2, 0.25) is 0 Å². The monoisotopic (exact) mass is 397 g/mol. The van der Waals surface area contributed by atoms with Crippen molar-refractivity contribution in [1.82, 2.24) is 10.2 Å². The standard InChI is InChI=1S/C17H24BrN3O3/c1-11-9-21(10-14(11)16(22)24-4)17(19-2)20-8-12-7-13(18)5-6-15(12)23-3/h5-7,11,14H,8-10H2,1-4H3,(H,19,20). The number of hydrogen-bond donors (Lipinski definition) is 1. The average molecular weight is 398 g/mol. The highest BCUT2D eigenvalue weighted by Gasteiger charge is 2.36. The first-order valence-electron chi connectivity index (χ1n) is 7.86. The van der Waals surface area contributed by atoms with E-state index in [2.05, 4.69) is 38.1 Å². The zero-order chi connectivity index (χ0) is 17.7. The SMILES string of the molecule is CN=C(NCc1cc(Br)ccc1OC)N1CC(C)C(C(=O)OC)C1. The summed E-state index contributed by atoms with van der Waals surface area (Å²) in [5.74, 6) is 1.55. The lowest BCUT2D eigenvalue weighted by molar-refractivity contribution is -0.145. The molecule has 0 aliphatic carbocycles. The predicted molar refractivity (Wildman–Crippen MR) is 97.1 cm³/mol. The number of benzene rings is 1. The van der Waals surface area contributed by atoms with Gasteiger partial charge in [-0.1, -0.05) is 22.9 Å². The molecule has 1 N–H and O–H groups in total. The van der Waals surface area contributed by atoms with Crippen LogP contribution in [-0.4, -0.2) is 51.2 Å². The quantitative estimate of drug-likeness (QED) is 0.479. The normalized spacial score (nSPS) is 20.9. The number of carbonyl (C=O) groups is 1. The lowest BCUT2D eigenvalue weighted by Gasteiger charge is -2.22. The van der Waals surface area contributed by atoms with E-state index in [1.165, 1.54) is 7.11 Å². The number of nitrogens with zero attached hydrogens (tertiary/aromatic N) is 2. The van der Waals surface area contributed by atoms with E-state index in [1.54, 1.807) is 14.2 Å². The number of halogens is 1. The summed E-state index contributed by atoms with van der Waals surface area (Å²) in [4.78, 5) is 18.3. The Morgan fingerprint density at radius 2 is 2.17 bits per heavy atom. The molecule has 2 atom stereocenters. The molecule has 0 spiro atoms. The summed E-state index contributed by atoms with van der Waals surface area (Å²) in [7, 11) is 4.84. The maximum absolute atomic E-state index is 11.9. The first-order chi connectivity index (χ1) is 11.5. The minimum absolute atomic E-state index is 0.117. The minimum atomic E-state index is -0.158. The number of rotatable bonds is 4. The van der Waals surface area contributed by atoms with Gasteiger partial charge in [0.25, 0.3) is 0 Å². The summed E-state index contributed by atoms with van der Waals surface area (Å²) in [5, 5.41) is 3.35. The molecule has 0 radical (unpaired) electrons. The van der Waals surface area contributed by atoms with Crippen LogP contribution in [0.4, 0.5) is 0 Å². The predicted octanol–water partition coefficient (Wildman–Crippen LogP) is 2.27. The number of aliphatic imine (C=N–C) groups is 1. The van der Waals surface area contributed by atoms with Gasteiger partial charge < -0.3 is 19.7 Å². The second kappa shape index (κ2) is 8.37. The van der Waals surface area contributed by atoms with Crippen LogP contribution in [0, 0.1) is 11.8 Å². The van der Waals surface area contributed by atoms with Crippen molar-refractivity contribution < 1.29 is 14.3 Å². The van der Waals surface area contributed by atoms with Crippen molar-refractivity contribution in [1.29, 1.82) is 0 Å². The van der Waals surface area contributed by atoms with Gasteiger partial charge in [-0.05, 0) is 24.1 Å². The molecule has 0 bridgehead atoms. The van der Waals surface area contributed by atoms with Gasteiger partial charge in [-0.2, -0.15) is 0 Å². The molecule has 1 aromatic carbocycles. The second-order valence-electron chi connectivity index (χ2n) is 5.87. The number of esters is 1. The van der Waals surface area contributed by atoms with E-state index in [9.17, 15) is 4.79 Å². The third-order valence-corrected chi connectivity index (χ3v) is 4.80. The van der Waals surface area contributed by atoms with Gasteiger partial charge >= 0.3 is 5.97 Å². The molecular formula is C17H24BrN3O3. The van der Waals surface area contributed by atoms with Gasteiger partial charge in [0, 0.05) is 36.7 Å². The molecule has 1 aliphatic heterocycles. The van der Waals surface area contributed by atoms with Gasteiger partial charge in [-0.3, -0.25) is 9.79 Å². The molecule has 0 saturated carbocycles. The molecule has 1 saturated heterocycles. The van der Waals surface area contributed by atoms with Crippen molar-refractivity contribution in [2.45, 2.75) is 13.5 Å². The van der Waals surface area contributed by atoms with E-state index in [-0.39, 0.29) is 17.8 Å². The van der Waals surface area contributed by atoms with Gasteiger partial charge in [0.05, 0.1) is 20.1 Å². The molecule has 6 nitrogen and oxygen atoms in total. The second-order valence-corrected chi connectivity index (χ2v) is 6.78. The molecule has 1 aromatic rings. The van der Waals surface area contributed by atoms with E-state index in [0.717, 1.165) is 28.3 Å². The molecule has 2 unspecified atom stereocenters. The van der Waals surface area contributed by atoms with Gasteiger partial charge in [-0.15, -0.1) is 0 Å². The summed E-state index contributed by atoms with van der Waals surface area (Å²) < 4.78 is 11.3. The first-order valence-corrected chi connectivity index (χ1v) is 8.65. The van der Waals surface area contributed by atoms with Gasteiger partial charge in [0.1, 0.15) is 5.75 Å². The lowest BCUT2D eigenvalue weighted by atomic mass is 9.99. The molecule has 2 rings (SSSR count). The molecule has 0 aromatic heterocycles. The minimum Gasteiger partial charge on any atom is -0.496 e. The van der Waals surface area contributed by atoms with Crippen LogP contribution >= 0.6 is 15.9 Å². The fraction of sp³-hybridized carbons (Fsp3) is 0.529. The van der Waals surface area contributed by atoms with E-state index in [0.29, 0.717) is 13.1 Å². The number of likely N-dealkylation sites (tertiary alicyclic amines) is 1. The molecule has 1 fully saturated rings. The average Bonchev–Trinajstić information content (AvgIpc) is 2.96. The van der Waals surface area contributed by atoms with Crippen LogP contribution in [0.15, 0.2) is 27.7 Å². The fourth-order valence-corrected chi connectivity index (χ4v) is 3.40. The number of methoxy groups -OCH3 is 2. The Morgan fingerprint density at radius 3 is 2.79 bits per heavy atom. The Balaban J connectivity index is 2.04. The number of hydrogen-bond acceptors (Lipinski definition) is 4. The van der Waals surface area contributed by atoms with Crippen LogP contribution in [0.25, 0.3) is 0 Å². The van der Waals surface area contributed by atoms with Crippen molar-refractivity contribution in [2.24, 2.45) is 16.8 Å². The number of nitrogens with one attached hydrogen (secondary N) is 1. The van der Waals surface area contributed by atoms with Crippen molar-refractivity contribution in [3.8, 4) is 5.75 Å². The molecule has 132 valence electrons. The molecule has 1 heterocycles. The van der Waals surface area contributed by atoms with Crippen molar-refractivity contribution in [2.75, 3.05) is 34.4 Å². The van der Waals surface area contributed by atoms with Crippen LogP contribution < -0.4 is 10.1 Å². The van der Waals surface area contributed by atoms with Crippen LogP contribution in [0.5, 0.6) is 5.75 Å².